The number of thiazole rings is 1. The Hall–Kier alpha value is -0.0100. The Bertz CT molecular complexity index is 479. The van der Waals surface area contributed by atoms with Crippen molar-refractivity contribution in [2.75, 3.05) is 25.1 Å². The molecule has 2 unspecified atom stereocenters. The van der Waals surface area contributed by atoms with Crippen LogP contribution >= 0.6 is 47.9 Å². The predicted molar refractivity (Wildman–Crippen MR) is 101 cm³/mol. The Morgan fingerprint density at radius 2 is 2.14 bits per heavy atom. The molecule has 2 rings (SSSR count). The van der Waals surface area contributed by atoms with Gasteiger partial charge in [0.25, 0.3) is 0 Å². The minimum absolute atomic E-state index is 0. The summed E-state index contributed by atoms with van der Waals surface area (Å²) in [6.45, 7) is 7.13. The number of rotatable bonds is 4. The van der Waals surface area contributed by atoms with Gasteiger partial charge in [-0.25, -0.2) is 4.98 Å². The van der Waals surface area contributed by atoms with Gasteiger partial charge >= 0.3 is 0 Å². The van der Waals surface area contributed by atoms with E-state index in [9.17, 15) is 4.79 Å². The molecule has 1 aromatic rings. The summed E-state index contributed by atoms with van der Waals surface area (Å²) in [5, 5.41) is 4.49. The van der Waals surface area contributed by atoms with E-state index in [0.717, 1.165) is 28.8 Å². The molecule has 2 heterocycles. The lowest BCUT2D eigenvalue weighted by atomic mass is 10.1. The third-order valence-corrected chi connectivity index (χ3v) is 6.09. The van der Waals surface area contributed by atoms with E-state index in [1.165, 1.54) is 4.88 Å². The predicted octanol–water partition coefficient (Wildman–Crippen LogP) is 3.22. The molecule has 0 aliphatic carbocycles. The number of hydrogen-bond acceptors (Lipinski definition) is 5. The van der Waals surface area contributed by atoms with Crippen molar-refractivity contribution in [1.29, 1.82) is 0 Å². The second-order valence-electron chi connectivity index (χ2n) is 5.29. The first-order valence-electron chi connectivity index (χ1n) is 6.99. The van der Waals surface area contributed by atoms with E-state index in [-0.39, 0.29) is 36.8 Å². The normalized spacial score (nSPS) is 18.8. The Kier molecular flexibility index (Phi) is 9.98. The summed E-state index contributed by atoms with van der Waals surface area (Å²) in [6, 6.07) is 0.421. The average molecular weight is 386 g/mol. The number of nitrogens with zero attached hydrogens (tertiary/aromatic N) is 2. The first kappa shape index (κ1) is 22.0. The molecule has 1 aliphatic heterocycles. The van der Waals surface area contributed by atoms with Crippen LogP contribution in [-0.2, 0) is 4.79 Å². The molecule has 4 nitrogen and oxygen atoms in total. The Morgan fingerprint density at radius 1 is 1.45 bits per heavy atom. The smallest absolute Gasteiger partial charge is 0.224 e. The summed E-state index contributed by atoms with van der Waals surface area (Å²) >= 11 is 3.62. The van der Waals surface area contributed by atoms with Gasteiger partial charge in [-0.3, -0.25) is 4.79 Å². The number of carbonyl (C=O) groups is 1. The molecule has 0 saturated carbocycles. The van der Waals surface area contributed by atoms with E-state index in [2.05, 4.69) is 17.2 Å². The van der Waals surface area contributed by atoms with E-state index in [4.69, 9.17) is 0 Å². The van der Waals surface area contributed by atoms with Crippen molar-refractivity contribution >= 4 is 53.8 Å². The Morgan fingerprint density at radius 3 is 2.64 bits per heavy atom. The van der Waals surface area contributed by atoms with Crippen LogP contribution in [0.25, 0.3) is 0 Å². The van der Waals surface area contributed by atoms with Crippen LogP contribution in [0.4, 0.5) is 0 Å². The lowest BCUT2D eigenvalue weighted by Gasteiger charge is -2.28. The molecule has 0 bridgehead atoms. The number of thioether (sulfide) groups is 1. The molecule has 0 spiro atoms. The van der Waals surface area contributed by atoms with E-state index >= 15 is 0 Å². The molecule has 1 aliphatic rings. The summed E-state index contributed by atoms with van der Waals surface area (Å²) in [5.41, 5.74) is 1.05. The molecule has 1 saturated heterocycles. The highest BCUT2D eigenvalue weighted by molar-refractivity contribution is 7.99. The minimum Gasteiger partial charge on any atom is -0.338 e. The van der Waals surface area contributed by atoms with Crippen LogP contribution in [0.3, 0.4) is 0 Å². The molecule has 0 aromatic carbocycles. The highest BCUT2D eigenvalue weighted by Gasteiger charge is 2.24. The molecule has 1 N–H and O–H groups in total. The minimum atomic E-state index is 0. The largest absolute Gasteiger partial charge is 0.338 e. The van der Waals surface area contributed by atoms with Gasteiger partial charge in [0.1, 0.15) is 0 Å². The molecular weight excluding hydrogens is 361 g/mol. The van der Waals surface area contributed by atoms with Crippen molar-refractivity contribution in [1.82, 2.24) is 15.2 Å². The quantitative estimate of drug-likeness (QED) is 0.863. The van der Waals surface area contributed by atoms with Gasteiger partial charge in [0.05, 0.1) is 16.7 Å². The molecule has 2 atom stereocenters. The van der Waals surface area contributed by atoms with Gasteiger partial charge in [-0.2, -0.15) is 11.8 Å². The number of nitrogens with one attached hydrogen (secondary N) is 1. The van der Waals surface area contributed by atoms with Gasteiger partial charge in [-0.1, -0.05) is 0 Å². The maximum Gasteiger partial charge on any atom is 0.224 e. The molecule has 0 radical (unpaired) electrons. The number of aromatic nitrogens is 1. The zero-order valence-electron chi connectivity index (χ0n) is 13.4. The maximum atomic E-state index is 12.4. The van der Waals surface area contributed by atoms with Gasteiger partial charge in [0.15, 0.2) is 0 Å². The van der Waals surface area contributed by atoms with Gasteiger partial charge in [-0.05, 0) is 20.8 Å². The van der Waals surface area contributed by atoms with Crippen LogP contribution in [0.15, 0.2) is 0 Å². The number of amides is 1. The second kappa shape index (κ2) is 9.98. The fourth-order valence-corrected chi connectivity index (χ4v) is 4.40. The standard InChI is InChI=1S/C14H23N3OS2.2ClH/c1-9-14(20-11(3)16-9)10(2)17(4)13(18)7-12-8-19-6-5-15-12;;/h10,12,15H,5-8H2,1-4H3;2*1H. The summed E-state index contributed by atoms with van der Waals surface area (Å²) in [7, 11) is 1.90. The molecule has 128 valence electrons. The van der Waals surface area contributed by atoms with Crippen LogP contribution in [0.2, 0.25) is 0 Å². The third-order valence-electron chi connectivity index (χ3n) is 3.71. The highest BCUT2D eigenvalue weighted by Crippen LogP contribution is 2.28. The zero-order valence-corrected chi connectivity index (χ0v) is 16.7. The van der Waals surface area contributed by atoms with Crippen LogP contribution in [0.1, 0.15) is 35.0 Å². The Balaban J connectivity index is 0.00000220. The number of carbonyl (C=O) groups excluding carboxylic acids is 1. The molecule has 8 heteroatoms. The van der Waals surface area contributed by atoms with E-state index in [0.29, 0.717) is 12.5 Å². The van der Waals surface area contributed by atoms with E-state index in [1.807, 2.05) is 37.6 Å². The van der Waals surface area contributed by atoms with Gasteiger partial charge in [-0.15, -0.1) is 36.2 Å². The molecular formula is C14H25Cl2N3OS2. The average Bonchev–Trinajstić information content (AvgIpc) is 2.77. The van der Waals surface area contributed by atoms with Crippen molar-refractivity contribution < 1.29 is 4.79 Å². The number of halogens is 2. The lowest BCUT2D eigenvalue weighted by Crippen LogP contribution is -2.42. The van der Waals surface area contributed by atoms with Crippen molar-refractivity contribution in [3.63, 3.8) is 0 Å². The first-order chi connectivity index (χ1) is 9.49. The van der Waals surface area contributed by atoms with Gasteiger partial charge in [0, 0.05) is 42.4 Å². The molecule has 22 heavy (non-hydrogen) atoms. The highest BCUT2D eigenvalue weighted by atomic mass is 35.5. The SMILES string of the molecule is Cc1nc(C)c(C(C)N(C)C(=O)CC2CSCCN2)s1.Cl.Cl. The molecule has 1 fully saturated rings. The molecule has 1 amide bonds. The van der Waals surface area contributed by atoms with Crippen molar-refractivity contribution in [2.24, 2.45) is 0 Å². The zero-order chi connectivity index (χ0) is 14.7. The van der Waals surface area contributed by atoms with Crippen molar-refractivity contribution in [2.45, 2.75) is 39.3 Å². The second-order valence-corrected chi connectivity index (χ2v) is 7.68. The monoisotopic (exact) mass is 385 g/mol. The van der Waals surface area contributed by atoms with E-state index < -0.39 is 0 Å². The third kappa shape index (κ3) is 5.57. The summed E-state index contributed by atoms with van der Waals surface area (Å²) in [4.78, 5) is 19.9. The summed E-state index contributed by atoms with van der Waals surface area (Å²) in [5.74, 6) is 2.39. The van der Waals surface area contributed by atoms with Gasteiger partial charge < -0.3 is 10.2 Å². The Labute approximate surface area is 153 Å². The van der Waals surface area contributed by atoms with E-state index in [1.54, 1.807) is 11.3 Å². The van der Waals surface area contributed by atoms with Crippen LogP contribution < -0.4 is 5.32 Å². The number of aryl methyl sites for hydroxylation is 2. The van der Waals surface area contributed by atoms with Crippen LogP contribution in [-0.4, -0.2) is 46.9 Å². The fourth-order valence-electron chi connectivity index (χ4n) is 2.43. The summed E-state index contributed by atoms with van der Waals surface area (Å²) in [6.07, 6.45) is 0.588. The van der Waals surface area contributed by atoms with Gasteiger partial charge in [0.2, 0.25) is 5.91 Å². The van der Waals surface area contributed by atoms with Crippen LogP contribution in [0.5, 0.6) is 0 Å². The maximum absolute atomic E-state index is 12.4. The van der Waals surface area contributed by atoms with Crippen LogP contribution in [0, 0.1) is 13.8 Å². The van der Waals surface area contributed by atoms with Crippen molar-refractivity contribution in [3.05, 3.63) is 15.6 Å². The molecule has 1 aromatic heterocycles. The fraction of sp³-hybridized carbons (Fsp3) is 0.714. The summed E-state index contributed by atoms with van der Waals surface area (Å²) < 4.78 is 0. The first-order valence-corrected chi connectivity index (χ1v) is 8.97. The lowest BCUT2D eigenvalue weighted by molar-refractivity contribution is -0.132. The topological polar surface area (TPSA) is 45.2 Å². The number of hydrogen-bond donors (Lipinski definition) is 1. The van der Waals surface area contributed by atoms with Crippen molar-refractivity contribution in [3.8, 4) is 0 Å².